The Balaban J connectivity index is 1.61. The minimum atomic E-state index is -1.12. The van der Waals surface area contributed by atoms with Crippen molar-refractivity contribution < 1.29 is 14.7 Å². The second kappa shape index (κ2) is 6.21. The summed E-state index contributed by atoms with van der Waals surface area (Å²) >= 11 is 0. The van der Waals surface area contributed by atoms with Crippen molar-refractivity contribution in [1.82, 2.24) is 19.4 Å². The summed E-state index contributed by atoms with van der Waals surface area (Å²) in [6.45, 7) is 2.40. The Morgan fingerprint density at radius 1 is 1.31 bits per heavy atom. The number of ketones is 1. The standard InChI is InChI=1S/C18H21N5O3/c1-11(24)13-5-6-14(19-7-13)9-23-17(25)15-16(21(2)18(23)26)20-10-22(15)8-12-3-4-12/h5-7,10,12,18,26H,3-4,8-9H2,1-2H3. The van der Waals surface area contributed by atoms with E-state index in [2.05, 4.69) is 9.97 Å². The lowest BCUT2D eigenvalue weighted by molar-refractivity contribution is -0.00139. The van der Waals surface area contributed by atoms with Crippen molar-refractivity contribution in [2.45, 2.75) is 39.2 Å². The van der Waals surface area contributed by atoms with Crippen LogP contribution in [0.3, 0.4) is 0 Å². The predicted molar refractivity (Wildman–Crippen MR) is 93.5 cm³/mol. The van der Waals surface area contributed by atoms with E-state index in [-0.39, 0.29) is 18.2 Å². The van der Waals surface area contributed by atoms with Gasteiger partial charge in [0.05, 0.1) is 18.6 Å². The number of aromatic nitrogens is 3. The fraction of sp³-hybridized carbons (Fsp3) is 0.444. The first-order valence-corrected chi connectivity index (χ1v) is 8.68. The molecule has 2 aromatic rings. The highest BCUT2D eigenvalue weighted by Crippen LogP contribution is 2.34. The van der Waals surface area contributed by atoms with E-state index >= 15 is 0 Å². The summed E-state index contributed by atoms with van der Waals surface area (Å²) in [6, 6.07) is 3.38. The minimum absolute atomic E-state index is 0.0634. The first kappa shape index (κ1) is 16.7. The third-order valence-corrected chi connectivity index (χ3v) is 4.96. The van der Waals surface area contributed by atoms with Gasteiger partial charge in [0.25, 0.3) is 5.91 Å². The molecule has 4 rings (SSSR count). The van der Waals surface area contributed by atoms with Crippen molar-refractivity contribution in [3.63, 3.8) is 0 Å². The zero-order valence-electron chi connectivity index (χ0n) is 14.8. The number of aliphatic hydroxyl groups excluding tert-OH is 1. The molecule has 136 valence electrons. The molecule has 1 aliphatic carbocycles. The number of nitrogens with zero attached hydrogens (tertiary/aromatic N) is 5. The summed E-state index contributed by atoms with van der Waals surface area (Å²) in [5.41, 5.74) is 1.62. The smallest absolute Gasteiger partial charge is 0.278 e. The van der Waals surface area contributed by atoms with Crippen molar-refractivity contribution in [3.05, 3.63) is 41.6 Å². The molecule has 0 bridgehead atoms. The molecule has 2 aliphatic rings. The lowest BCUT2D eigenvalue weighted by atomic mass is 10.2. The van der Waals surface area contributed by atoms with E-state index in [0.717, 1.165) is 6.54 Å². The zero-order chi connectivity index (χ0) is 18.4. The summed E-state index contributed by atoms with van der Waals surface area (Å²) in [5.74, 6) is 0.777. The van der Waals surface area contributed by atoms with E-state index in [0.29, 0.717) is 28.7 Å². The van der Waals surface area contributed by atoms with Crippen LogP contribution >= 0.6 is 0 Å². The van der Waals surface area contributed by atoms with Gasteiger partial charge in [-0.15, -0.1) is 0 Å². The van der Waals surface area contributed by atoms with Gasteiger partial charge in [-0.1, -0.05) is 0 Å². The summed E-state index contributed by atoms with van der Waals surface area (Å²) in [4.78, 5) is 35.9. The molecule has 8 heteroatoms. The minimum Gasteiger partial charge on any atom is -0.356 e. The highest BCUT2D eigenvalue weighted by molar-refractivity contribution is 5.99. The van der Waals surface area contributed by atoms with Crippen LogP contribution in [0, 0.1) is 5.92 Å². The molecule has 26 heavy (non-hydrogen) atoms. The van der Waals surface area contributed by atoms with Gasteiger partial charge in [-0.25, -0.2) is 4.98 Å². The first-order valence-electron chi connectivity index (χ1n) is 8.68. The van der Waals surface area contributed by atoms with Gasteiger partial charge in [-0.3, -0.25) is 19.5 Å². The molecule has 1 atom stereocenters. The summed E-state index contributed by atoms with van der Waals surface area (Å²) in [5, 5.41) is 10.6. The number of carbonyl (C=O) groups is 2. The van der Waals surface area contributed by atoms with Gasteiger partial charge in [0, 0.05) is 25.4 Å². The molecule has 0 spiro atoms. The maximum Gasteiger partial charge on any atom is 0.278 e. The van der Waals surface area contributed by atoms with Crippen molar-refractivity contribution in [2.24, 2.45) is 5.92 Å². The van der Waals surface area contributed by atoms with Crippen LogP contribution in [0.4, 0.5) is 5.82 Å². The average molecular weight is 355 g/mol. The Bertz CT molecular complexity index is 856. The molecule has 1 amide bonds. The highest BCUT2D eigenvalue weighted by atomic mass is 16.3. The van der Waals surface area contributed by atoms with Crippen LogP contribution in [-0.4, -0.2) is 49.6 Å². The molecule has 1 saturated carbocycles. The monoisotopic (exact) mass is 355 g/mol. The summed E-state index contributed by atoms with van der Waals surface area (Å²) in [7, 11) is 1.71. The van der Waals surface area contributed by atoms with Crippen LogP contribution in [0.5, 0.6) is 0 Å². The molecule has 0 radical (unpaired) electrons. The quantitative estimate of drug-likeness (QED) is 0.812. The number of anilines is 1. The van der Waals surface area contributed by atoms with Crippen molar-refractivity contribution in [2.75, 3.05) is 11.9 Å². The van der Waals surface area contributed by atoms with Crippen molar-refractivity contribution in [3.8, 4) is 0 Å². The molecular formula is C18H21N5O3. The van der Waals surface area contributed by atoms with Crippen LogP contribution in [0.2, 0.25) is 0 Å². The SMILES string of the molecule is CC(=O)c1ccc(CN2C(=O)c3c(ncn3CC3CC3)N(C)C2O)nc1. The van der Waals surface area contributed by atoms with Crippen LogP contribution in [0.1, 0.15) is 46.3 Å². The Morgan fingerprint density at radius 2 is 2.08 bits per heavy atom. The van der Waals surface area contributed by atoms with Gasteiger partial charge in [-0.2, -0.15) is 0 Å². The van der Waals surface area contributed by atoms with Gasteiger partial charge >= 0.3 is 0 Å². The van der Waals surface area contributed by atoms with Gasteiger partial charge in [0.2, 0.25) is 6.35 Å². The van der Waals surface area contributed by atoms with E-state index in [9.17, 15) is 14.7 Å². The Hall–Kier alpha value is -2.74. The average Bonchev–Trinajstić information content (AvgIpc) is 3.34. The topological polar surface area (TPSA) is 91.6 Å². The first-order chi connectivity index (χ1) is 12.5. The molecule has 1 unspecified atom stereocenters. The number of imidazole rings is 1. The molecule has 1 fully saturated rings. The fourth-order valence-electron chi connectivity index (χ4n) is 3.18. The molecular weight excluding hydrogens is 334 g/mol. The maximum absolute atomic E-state index is 13.0. The largest absolute Gasteiger partial charge is 0.356 e. The van der Waals surface area contributed by atoms with E-state index in [1.54, 1.807) is 30.4 Å². The third-order valence-electron chi connectivity index (χ3n) is 4.96. The number of pyridine rings is 1. The number of aliphatic hydroxyl groups is 1. The molecule has 2 aromatic heterocycles. The summed E-state index contributed by atoms with van der Waals surface area (Å²) in [6.07, 6.45) is 4.40. The third kappa shape index (κ3) is 2.86. The van der Waals surface area contributed by atoms with Crippen LogP contribution in [0.25, 0.3) is 0 Å². The van der Waals surface area contributed by atoms with E-state index in [1.165, 1.54) is 30.9 Å². The number of hydrogen-bond donors (Lipinski definition) is 1. The van der Waals surface area contributed by atoms with E-state index in [4.69, 9.17) is 0 Å². The Labute approximate surface area is 151 Å². The highest BCUT2D eigenvalue weighted by Gasteiger charge is 2.39. The number of carbonyl (C=O) groups excluding carboxylic acids is 2. The van der Waals surface area contributed by atoms with Crippen molar-refractivity contribution in [1.29, 1.82) is 0 Å². The normalized spacial score (nSPS) is 19.7. The summed E-state index contributed by atoms with van der Waals surface area (Å²) < 4.78 is 1.89. The second-order valence-corrected chi connectivity index (χ2v) is 7.00. The number of amides is 1. The number of hydrogen-bond acceptors (Lipinski definition) is 6. The Morgan fingerprint density at radius 3 is 2.69 bits per heavy atom. The number of fused-ring (bicyclic) bond motifs is 1. The lowest BCUT2D eigenvalue weighted by Crippen LogP contribution is -2.54. The van der Waals surface area contributed by atoms with E-state index in [1.807, 2.05) is 4.57 Å². The Kier molecular flexibility index (Phi) is 3.99. The lowest BCUT2D eigenvalue weighted by Gasteiger charge is -2.38. The number of rotatable bonds is 5. The molecule has 0 saturated heterocycles. The van der Waals surface area contributed by atoms with Crippen LogP contribution in [-0.2, 0) is 13.1 Å². The maximum atomic E-state index is 13.0. The van der Waals surface area contributed by atoms with Crippen LogP contribution < -0.4 is 4.90 Å². The zero-order valence-corrected chi connectivity index (χ0v) is 14.8. The predicted octanol–water partition coefficient (Wildman–Crippen LogP) is 1.26. The molecule has 8 nitrogen and oxygen atoms in total. The molecule has 0 aromatic carbocycles. The molecule has 3 heterocycles. The van der Waals surface area contributed by atoms with Gasteiger partial charge < -0.3 is 14.6 Å². The number of Topliss-reactive ketones (excluding diaryl/α,β-unsaturated/α-hetero) is 1. The van der Waals surface area contributed by atoms with Gasteiger partial charge in [-0.05, 0) is 37.8 Å². The van der Waals surface area contributed by atoms with Crippen LogP contribution in [0.15, 0.2) is 24.7 Å². The van der Waals surface area contributed by atoms with Gasteiger partial charge in [0.15, 0.2) is 17.3 Å². The molecule has 1 aliphatic heterocycles. The second-order valence-electron chi connectivity index (χ2n) is 7.00. The van der Waals surface area contributed by atoms with Gasteiger partial charge in [0.1, 0.15) is 0 Å². The fourth-order valence-corrected chi connectivity index (χ4v) is 3.18. The van der Waals surface area contributed by atoms with Crippen molar-refractivity contribution >= 4 is 17.5 Å². The molecule has 1 N–H and O–H groups in total. The van der Waals surface area contributed by atoms with E-state index < -0.39 is 6.35 Å².